The van der Waals surface area contributed by atoms with E-state index >= 15 is 0 Å². The minimum Gasteiger partial charge on any atom is -0.497 e. The Kier molecular flexibility index (Phi) is 3.31. The lowest BCUT2D eigenvalue weighted by Crippen LogP contribution is -2.17. The molecule has 0 heterocycles. The van der Waals surface area contributed by atoms with Crippen molar-refractivity contribution >= 4 is 11.4 Å². The van der Waals surface area contributed by atoms with Gasteiger partial charge in [-0.2, -0.15) is 10.2 Å². The Morgan fingerprint density at radius 2 is 1.38 bits per heavy atom. The first-order valence-corrected chi connectivity index (χ1v) is 6.59. The summed E-state index contributed by atoms with van der Waals surface area (Å²) in [5.74, 6) is 11.9. The molecule has 0 bridgehead atoms. The molecule has 0 fully saturated rings. The maximum Gasteiger partial charge on any atom is 0.118 e. The third kappa shape index (κ3) is 2.03. The molecule has 5 heteroatoms. The topological polar surface area (TPSA) is 86.0 Å². The third-order valence-corrected chi connectivity index (χ3v) is 3.75. The van der Waals surface area contributed by atoms with Gasteiger partial charge in [0.1, 0.15) is 5.75 Å². The van der Waals surface area contributed by atoms with Crippen molar-refractivity contribution in [1.82, 2.24) is 0 Å². The summed E-state index contributed by atoms with van der Waals surface area (Å²) in [6.07, 6.45) is 0. The fourth-order valence-corrected chi connectivity index (χ4v) is 2.77. The van der Waals surface area contributed by atoms with Crippen LogP contribution < -0.4 is 16.4 Å². The van der Waals surface area contributed by atoms with Crippen LogP contribution in [-0.2, 0) is 0 Å². The molecule has 0 aromatic heterocycles. The summed E-state index contributed by atoms with van der Waals surface area (Å²) in [5.41, 5.74) is 4.54. The average molecular weight is 280 g/mol. The van der Waals surface area contributed by atoms with Crippen LogP contribution in [0.3, 0.4) is 0 Å². The van der Waals surface area contributed by atoms with Crippen LogP contribution in [-0.4, -0.2) is 18.5 Å². The second kappa shape index (κ2) is 5.28. The van der Waals surface area contributed by atoms with Crippen LogP contribution in [0, 0.1) is 0 Å². The predicted molar refractivity (Wildman–Crippen MR) is 83.6 cm³/mol. The maximum absolute atomic E-state index is 5.62. The second-order valence-electron chi connectivity index (χ2n) is 4.78. The highest BCUT2D eigenvalue weighted by Gasteiger charge is 2.35. The summed E-state index contributed by atoms with van der Waals surface area (Å²) in [6, 6.07) is 15.6. The van der Waals surface area contributed by atoms with Crippen LogP contribution in [0.25, 0.3) is 0 Å². The summed E-state index contributed by atoms with van der Waals surface area (Å²) in [5, 5.41) is 7.95. The van der Waals surface area contributed by atoms with Crippen molar-refractivity contribution in [2.75, 3.05) is 7.11 Å². The van der Waals surface area contributed by atoms with E-state index in [1.54, 1.807) is 7.11 Å². The molecule has 0 amide bonds. The Labute approximate surface area is 122 Å². The molecule has 0 saturated heterocycles. The Balaban J connectivity index is 2.13. The second-order valence-corrected chi connectivity index (χ2v) is 4.78. The number of benzene rings is 2. The van der Waals surface area contributed by atoms with E-state index in [9.17, 15) is 0 Å². The lowest BCUT2D eigenvalue weighted by Gasteiger charge is -2.13. The van der Waals surface area contributed by atoms with E-state index in [0.29, 0.717) is 0 Å². The fourth-order valence-electron chi connectivity index (χ4n) is 2.77. The number of hydrazone groups is 2. The molecule has 4 N–H and O–H groups in total. The number of hydrogen-bond acceptors (Lipinski definition) is 5. The first-order chi connectivity index (χ1) is 10.3. The van der Waals surface area contributed by atoms with Crippen molar-refractivity contribution in [1.29, 1.82) is 0 Å². The maximum atomic E-state index is 5.62. The van der Waals surface area contributed by atoms with Crippen molar-refractivity contribution in [3.05, 3.63) is 65.2 Å². The molecular weight excluding hydrogens is 264 g/mol. The monoisotopic (exact) mass is 280 g/mol. The van der Waals surface area contributed by atoms with Crippen LogP contribution in [0.1, 0.15) is 22.6 Å². The van der Waals surface area contributed by atoms with Crippen LogP contribution in [0.15, 0.2) is 58.7 Å². The van der Waals surface area contributed by atoms with Gasteiger partial charge >= 0.3 is 0 Å². The van der Waals surface area contributed by atoms with E-state index in [4.69, 9.17) is 16.4 Å². The Bertz CT molecular complexity index is 680. The van der Waals surface area contributed by atoms with E-state index in [1.807, 2.05) is 48.5 Å². The molecule has 5 nitrogen and oxygen atoms in total. The van der Waals surface area contributed by atoms with Gasteiger partial charge in [0.25, 0.3) is 0 Å². The summed E-state index contributed by atoms with van der Waals surface area (Å²) in [6.45, 7) is 0. The van der Waals surface area contributed by atoms with Gasteiger partial charge in [-0.05, 0) is 17.7 Å². The van der Waals surface area contributed by atoms with Gasteiger partial charge in [0, 0.05) is 11.1 Å². The largest absolute Gasteiger partial charge is 0.497 e. The zero-order valence-electron chi connectivity index (χ0n) is 11.7. The molecule has 1 aliphatic carbocycles. The van der Waals surface area contributed by atoms with Crippen LogP contribution in [0.5, 0.6) is 5.75 Å². The van der Waals surface area contributed by atoms with Gasteiger partial charge in [-0.1, -0.05) is 36.4 Å². The van der Waals surface area contributed by atoms with Gasteiger partial charge in [-0.25, -0.2) is 0 Å². The molecule has 0 aliphatic heterocycles. The lowest BCUT2D eigenvalue weighted by atomic mass is 9.93. The third-order valence-electron chi connectivity index (χ3n) is 3.75. The fraction of sp³-hybridized carbons (Fsp3) is 0.125. The molecular formula is C16H16N4O. The van der Waals surface area contributed by atoms with Gasteiger partial charge in [-0.15, -0.1) is 0 Å². The van der Waals surface area contributed by atoms with Crippen LogP contribution in [0.2, 0.25) is 0 Å². The Hall–Kier alpha value is -2.82. The number of nitrogens with two attached hydrogens (primary N) is 2. The molecule has 0 saturated carbocycles. The molecule has 2 aromatic rings. The highest BCUT2D eigenvalue weighted by Crippen LogP contribution is 2.35. The van der Waals surface area contributed by atoms with Gasteiger partial charge < -0.3 is 16.4 Å². The van der Waals surface area contributed by atoms with Gasteiger partial charge in [0.2, 0.25) is 0 Å². The van der Waals surface area contributed by atoms with Crippen LogP contribution in [0.4, 0.5) is 0 Å². The SMILES string of the molecule is COc1ccc(C2C(=NN)c3ccccc3C2=NN)cc1. The van der Waals surface area contributed by atoms with Crippen molar-refractivity contribution in [2.45, 2.75) is 5.92 Å². The van der Waals surface area contributed by atoms with Crippen LogP contribution >= 0.6 is 0 Å². The van der Waals surface area contributed by atoms with Crippen molar-refractivity contribution in [2.24, 2.45) is 21.9 Å². The van der Waals surface area contributed by atoms with Gasteiger partial charge in [0.15, 0.2) is 0 Å². The van der Waals surface area contributed by atoms with Gasteiger partial charge in [0.05, 0.1) is 24.5 Å². The van der Waals surface area contributed by atoms with E-state index in [0.717, 1.165) is 33.9 Å². The highest BCUT2D eigenvalue weighted by atomic mass is 16.5. The number of nitrogens with zero attached hydrogens (tertiary/aromatic N) is 2. The van der Waals surface area contributed by atoms with Crippen molar-refractivity contribution < 1.29 is 4.74 Å². The molecule has 0 radical (unpaired) electrons. The lowest BCUT2D eigenvalue weighted by molar-refractivity contribution is 0.414. The van der Waals surface area contributed by atoms with Crippen molar-refractivity contribution in [3.8, 4) is 5.75 Å². The van der Waals surface area contributed by atoms with E-state index < -0.39 is 0 Å². The normalized spacial score (nSPS) is 20.7. The molecule has 0 unspecified atom stereocenters. The number of methoxy groups -OCH3 is 1. The minimum atomic E-state index is -0.150. The summed E-state index contributed by atoms with van der Waals surface area (Å²) in [4.78, 5) is 0. The molecule has 2 aromatic carbocycles. The molecule has 21 heavy (non-hydrogen) atoms. The van der Waals surface area contributed by atoms with E-state index in [2.05, 4.69) is 10.2 Å². The van der Waals surface area contributed by atoms with E-state index in [-0.39, 0.29) is 5.92 Å². The number of rotatable bonds is 2. The zero-order chi connectivity index (χ0) is 14.8. The predicted octanol–water partition coefficient (Wildman–Crippen LogP) is 1.82. The standard InChI is InChI=1S/C16H16N4O/c1-21-11-8-6-10(7-9-11)14-15(19-17)12-4-2-3-5-13(12)16(14)20-18/h2-9,14H,17-18H2,1H3. The summed E-state index contributed by atoms with van der Waals surface area (Å²) >= 11 is 0. The molecule has 3 rings (SSSR count). The average Bonchev–Trinajstić information content (AvgIpc) is 2.88. The number of ether oxygens (including phenoxy) is 1. The molecule has 1 aliphatic rings. The van der Waals surface area contributed by atoms with Gasteiger partial charge in [-0.3, -0.25) is 0 Å². The first kappa shape index (κ1) is 13.2. The molecule has 0 atom stereocenters. The first-order valence-electron chi connectivity index (χ1n) is 6.59. The minimum absolute atomic E-state index is 0.150. The molecule has 0 spiro atoms. The zero-order valence-corrected chi connectivity index (χ0v) is 11.7. The summed E-state index contributed by atoms with van der Waals surface area (Å²) < 4.78 is 5.19. The quantitative estimate of drug-likeness (QED) is 0.650. The molecule has 106 valence electrons. The van der Waals surface area contributed by atoms with Crippen molar-refractivity contribution in [3.63, 3.8) is 0 Å². The highest BCUT2D eigenvalue weighted by molar-refractivity contribution is 6.33. The Morgan fingerprint density at radius 1 is 0.857 bits per heavy atom. The van der Waals surface area contributed by atoms with E-state index in [1.165, 1.54) is 0 Å². The number of hydrogen-bond donors (Lipinski definition) is 2. The number of fused-ring (bicyclic) bond motifs is 1. The smallest absolute Gasteiger partial charge is 0.118 e. The summed E-state index contributed by atoms with van der Waals surface area (Å²) in [7, 11) is 1.64. The Morgan fingerprint density at radius 3 is 1.81 bits per heavy atom.